The molecule has 0 amide bonds. The zero-order valence-corrected chi connectivity index (χ0v) is 13.7. The summed E-state index contributed by atoms with van der Waals surface area (Å²) in [6.07, 6.45) is 2.03. The molecule has 0 spiro atoms. The van der Waals surface area contributed by atoms with Crippen LogP contribution in [-0.2, 0) is 12.8 Å². The summed E-state index contributed by atoms with van der Waals surface area (Å²) in [6, 6.07) is 14.1. The van der Waals surface area contributed by atoms with E-state index >= 15 is 0 Å². The van der Waals surface area contributed by atoms with Crippen molar-refractivity contribution in [3.63, 3.8) is 0 Å². The highest BCUT2D eigenvalue weighted by Crippen LogP contribution is 2.38. The van der Waals surface area contributed by atoms with E-state index in [1.807, 2.05) is 6.07 Å². The van der Waals surface area contributed by atoms with Crippen LogP contribution in [0.1, 0.15) is 29.7 Å². The van der Waals surface area contributed by atoms with Crippen molar-refractivity contribution < 1.29 is 4.39 Å². The van der Waals surface area contributed by atoms with Gasteiger partial charge in [-0.05, 0) is 54.1 Å². The molecule has 0 bridgehead atoms. The molecule has 3 rings (SSSR count). The Hall–Kier alpha value is -1.19. The highest BCUT2D eigenvalue weighted by Gasteiger charge is 2.31. The molecule has 0 radical (unpaired) electrons. The van der Waals surface area contributed by atoms with Crippen molar-refractivity contribution in [3.05, 3.63) is 69.4 Å². The minimum atomic E-state index is -0.191. The van der Waals surface area contributed by atoms with Gasteiger partial charge in [0.15, 0.2) is 0 Å². The number of fused-ring (bicyclic) bond motifs is 1. The standard InChI is InChI=1S/C18H19BrFN/c1-2-21-18-14(9-12-5-3-4-6-16(12)18)10-13-7-8-15(20)11-17(13)19/h3-8,11,14,18,21H,2,9-10H2,1H3. The Balaban J connectivity index is 1.85. The van der Waals surface area contributed by atoms with E-state index < -0.39 is 0 Å². The van der Waals surface area contributed by atoms with Crippen LogP contribution in [0, 0.1) is 11.7 Å². The minimum absolute atomic E-state index is 0.191. The van der Waals surface area contributed by atoms with Crippen molar-refractivity contribution in [3.8, 4) is 0 Å². The molecule has 1 N–H and O–H groups in total. The van der Waals surface area contributed by atoms with E-state index in [2.05, 4.69) is 52.4 Å². The van der Waals surface area contributed by atoms with Crippen LogP contribution < -0.4 is 5.32 Å². The number of rotatable bonds is 4. The highest BCUT2D eigenvalue weighted by atomic mass is 79.9. The molecule has 1 nitrogen and oxygen atoms in total. The topological polar surface area (TPSA) is 12.0 Å². The number of benzene rings is 2. The van der Waals surface area contributed by atoms with Crippen LogP contribution in [0.2, 0.25) is 0 Å². The molecule has 0 heterocycles. The van der Waals surface area contributed by atoms with Gasteiger partial charge in [0.1, 0.15) is 5.82 Å². The monoisotopic (exact) mass is 347 g/mol. The number of halogens is 2. The summed E-state index contributed by atoms with van der Waals surface area (Å²) in [5, 5.41) is 3.61. The summed E-state index contributed by atoms with van der Waals surface area (Å²) in [4.78, 5) is 0. The second-order valence-corrected chi connectivity index (χ2v) is 6.49. The molecular weight excluding hydrogens is 329 g/mol. The average Bonchev–Trinajstić information content (AvgIpc) is 2.81. The van der Waals surface area contributed by atoms with Gasteiger partial charge in [-0.25, -0.2) is 4.39 Å². The Morgan fingerprint density at radius 2 is 2.05 bits per heavy atom. The number of hydrogen-bond donors (Lipinski definition) is 1. The number of hydrogen-bond acceptors (Lipinski definition) is 1. The van der Waals surface area contributed by atoms with Crippen LogP contribution in [0.3, 0.4) is 0 Å². The molecule has 0 aromatic heterocycles. The average molecular weight is 348 g/mol. The van der Waals surface area contributed by atoms with E-state index in [0.29, 0.717) is 12.0 Å². The first-order valence-corrected chi connectivity index (χ1v) is 8.23. The molecule has 110 valence electrons. The minimum Gasteiger partial charge on any atom is -0.310 e. The second kappa shape index (κ2) is 6.29. The maximum absolute atomic E-state index is 13.2. The van der Waals surface area contributed by atoms with Gasteiger partial charge in [-0.15, -0.1) is 0 Å². The molecule has 2 aromatic rings. The third kappa shape index (κ3) is 3.04. The Bertz CT molecular complexity index is 641. The Kier molecular flexibility index (Phi) is 4.41. The van der Waals surface area contributed by atoms with Crippen LogP contribution in [0.25, 0.3) is 0 Å². The van der Waals surface area contributed by atoms with Gasteiger partial charge in [-0.3, -0.25) is 0 Å². The summed E-state index contributed by atoms with van der Waals surface area (Å²) in [5.41, 5.74) is 4.03. The molecule has 3 heteroatoms. The summed E-state index contributed by atoms with van der Waals surface area (Å²) >= 11 is 3.49. The van der Waals surface area contributed by atoms with Gasteiger partial charge in [0.25, 0.3) is 0 Å². The molecule has 2 atom stereocenters. The van der Waals surface area contributed by atoms with Crippen molar-refractivity contribution in [1.82, 2.24) is 5.32 Å². The van der Waals surface area contributed by atoms with Gasteiger partial charge >= 0.3 is 0 Å². The molecule has 1 aliphatic carbocycles. The van der Waals surface area contributed by atoms with Crippen LogP contribution in [0.15, 0.2) is 46.9 Å². The van der Waals surface area contributed by atoms with Crippen molar-refractivity contribution in [1.29, 1.82) is 0 Å². The van der Waals surface area contributed by atoms with E-state index in [1.165, 1.54) is 16.7 Å². The molecule has 0 saturated carbocycles. The predicted octanol–water partition coefficient (Wildman–Crippen LogP) is 4.65. The molecule has 0 aliphatic heterocycles. The van der Waals surface area contributed by atoms with Crippen molar-refractivity contribution >= 4 is 15.9 Å². The van der Waals surface area contributed by atoms with Crippen LogP contribution in [0.4, 0.5) is 4.39 Å². The summed E-state index contributed by atoms with van der Waals surface area (Å²) in [7, 11) is 0. The highest BCUT2D eigenvalue weighted by molar-refractivity contribution is 9.10. The second-order valence-electron chi connectivity index (χ2n) is 5.64. The summed E-state index contributed by atoms with van der Waals surface area (Å²) in [6.45, 7) is 3.10. The van der Waals surface area contributed by atoms with Crippen LogP contribution in [-0.4, -0.2) is 6.54 Å². The maximum atomic E-state index is 13.2. The van der Waals surface area contributed by atoms with E-state index in [1.54, 1.807) is 12.1 Å². The quantitative estimate of drug-likeness (QED) is 0.848. The van der Waals surface area contributed by atoms with Crippen LogP contribution in [0.5, 0.6) is 0 Å². The molecule has 2 unspecified atom stereocenters. The third-order valence-electron chi connectivity index (χ3n) is 4.26. The molecule has 21 heavy (non-hydrogen) atoms. The van der Waals surface area contributed by atoms with E-state index in [4.69, 9.17) is 0 Å². The van der Waals surface area contributed by atoms with Gasteiger partial charge in [0.2, 0.25) is 0 Å². The van der Waals surface area contributed by atoms with E-state index in [0.717, 1.165) is 23.9 Å². The lowest BCUT2D eigenvalue weighted by molar-refractivity contribution is 0.393. The van der Waals surface area contributed by atoms with Gasteiger partial charge in [0.05, 0.1) is 0 Å². The Morgan fingerprint density at radius 3 is 2.81 bits per heavy atom. The zero-order chi connectivity index (χ0) is 14.8. The van der Waals surface area contributed by atoms with Crippen molar-refractivity contribution in [2.45, 2.75) is 25.8 Å². The normalized spacial score (nSPS) is 20.5. The van der Waals surface area contributed by atoms with Crippen molar-refractivity contribution in [2.24, 2.45) is 5.92 Å². The SMILES string of the molecule is CCNC1c2ccccc2CC1Cc1ccc(F)cc1Br. The fourth-order valence-electron chi connectivity index (χ4n) is 3.33. The molecular formula is C18H19BrFN. The molecule has 0 saturated heterocycles. The fourth-order valence-corrected chi connectivity index (χ4v) is 3.85. The molecule has 0 fully saturated rings. The van der Waals surface area contributed by atoms with Gasteiger partial charge < -0.3 is 5.32 Å². The molecule has 2 aromatic carbocycles. The maximum Gasteiger partial charge on any atom is 0.124 e. The van der Waals surface area contributed by atoms with Gasteiger partial charge in [-0.1, -0.05) is 53.2 Å². The summed E-state index contributed by atoms with van der Waals surface area (Å²) < 4.78 is 14.1. The fraction of sp³-hybridized carbons (Fsp3) is 0.333. The van der Waals surface area contributed by atoms with Gasteiger partial charge in [0, 0.05) is 10.5 Å². The van der Waals surface area contributed by atoms with E-state index in [-0.39, 0.29) is 5.82 Å². The van der Waals surface area contributed by atoms with Gasteiger partial charge in [-0.2, -0.15) is 0 Å². The van der Waals surface area contributed by atoms with Crippen molar-refractivity contribution in [2.75, 3.05) is 6.54 Å². The predicted molar refractivity (Wildman–Crippen MR) is 87.9 cm³/mol. The Labute approximate surface area is 133 Å². The smallest absolute Gasteiger partial charge is 0.124 e. The lowest BCUT2D eigenvalue weighted by Crippen LogP contribution is -2.26. The zero-order valence-electron chi connectivity index (χ0n) is 12.1. The lowest BCUT2D eigenvalue weighted by Gasteiger charge is -2.22. The first-order valence-electron chi connectivity index (χ1n) is 7.44. The molecule has 1 aliphatic rings. The first kappa shape index (κ1) is 14.7. The lowest BCUT2D eigenvalue weighted by atomic mass is 9.92. The van der Waals surface area contributed by atoms with E-state index in [9.17, 15) is 4.39 Å². The first-order chi connectivity index (χ1) is 10.2. The third-order valence-corrected chi connectivity index (χ3v) is 5.00. The van der Waals surface area contributed by atoms with Crippen LogP contribution >= 0.6 is 15.9 Å². The summed E-state index contributed by atoms with van der Waals surface area (Å²) in [5.74, 6) is 0.327. The Morgan fingerprint density at radius 1 is 1.24 bits per heavy atom. The largest absolute Gasteiger partial charge is 0.310 e. The number of nitrogens with one attached hydrogen (secondary N) is 1.